The van der Waals surface area contributed by atoms with Crippen LogP contribution in [0, 0.1) is 0 Å². The van der Waals surface area contributed by atoms with E-state index in [0.717, 1.165) is 13.0 Å². The summed E-state index contributed by atoms with van der Waals surface area (Å²) in [6.45, 7) is 0.765. The lowest BCUT2D eigenvalue weighted by molar-refractivity contribution is 0.227. The van der Waals surface area contributed by atoms with E-state index in [-0.39, 0.29) is 0 Å². The van der Waals surface area contributed by atoms with Crippen molar-refractivity contribution in [3.63, 3.8) is 0 Å². The van der Waals surface area contributed by atoms with Crippen LogP contribution in [0.4, 0.5) is 4.39 Å². The molecule has 0 aliphatic carbocycles. The summed E-state index contributed by atoms with van der Waals surface area (Å²) >= 11 is 3.39. The zero-order chi connectivity index (χ0) is 5.98. The predicted octanol–water partition coefficient (Wildman–Crippen LogP) is 1.43. The number of nitrogens with one attached hydrogen (secondary N) is 1. The minimum atomic E-state index is -0.760. The Balaban J connectivity index is 2.19. The maximum atomic E-state index is 12.2. The van der Waals surface area contributed by atoms with E-state index < -0.39 is 6.30 Å². The predicted molar refractivity (Wildman–Crippen MR) is 34.8 cm³/mol. The smallest absolute Gasteiger partial charge is 0.151 e. The molecular weight excluding hydrogens is 173 g/mol. The molecule has 0 radical (unpaired) electrons. The van der Waals surface area contributed by atoms with E-state index in [1.54, 1.807) is 0 Å². The summed E-state index contributed by atoms with van der Waals surface area (Å²) in [6, 6.07) is 0. The maximum absolute atomic E-state index is 12.2. The van der Waals surface area contributed by atoms with Crippen LogP contribution in [-0.2, 0) is 0 Å². The molecular formula is C5H9BrFN. The van der Waals surface area contributed by atoms with Crippen molar-refractivity contribution in [2.75, 3.05) is 6.54 Å². The molecule has 1 nitrogen and oxygen atoms in total. The summed E-state index contributed by atoms with van der Waals surface area (Å²) in [4.78, 5) is 0.481. The third-order valence-corrected chi connectivity index (χ3v) is 2.08. The fraction of sp³-hybridized carbons (Fsp3) is 1.00. The molecule has 1 heterocycles. The van der Waals surface area contributed by atoms with Crippen LogP contribution in [0.1, 0.15) is 12.8 Å². The molecule has 8 heavy (non-hydrogen) atoms. The molecule has 1 N–H and O–H groups in total. The van der Waals surface area contributed by atoms with Crippen LogP contribution in [0.5, 0.6) is 0 Å². The Morgan fingerprint density at radius 2 is 2.25 bits per heavy atom. The third kappa shape index (κ3) is 1.71. The van der Waals surface area contributed by atoms with Crippen LogP contribution in [0.2, 0.25) is 0 Å². The first-order valence-electron chi connectivity index (χ1n) is 2.80. The number of rotatable bonds is 0. The SMILES string of the molecule is FC1CCC(Br)CN1. The van der Waals surface area contributed by atoms with Crippen molar-refractivity contribution in [2.45, 2.75) is 24.0 Å². The first-order chi connectivity index (χ1) is 3.79. The second-order valence-electron chi connectivity index (χ2n) is 2.05. The van der Waals surface area contributed by atoms with Crippen molar-refractivity contribution in [3.05, 3.63) is 0 Å². The molecule has 0 aromatic carbocycles. The lowest BCUT2D eigenvalue weighted by atomic mass is 10.2. The summed E-state index contributed by atoms with van der Waals surface area (Å²) in [5, 5.41) is 2.72. The number of piperidine rings is 1. The highest BCUT2D eigenvalue weighted by molar-refractivity contribution is 9.09. The molecule has 1 fully saturated rings. The average molecular weight is 182 g/mol. The quantitative estimate of drug-likeness (QED) is 0.441. The van der Waals surface area contributed by atoms with E-state index in [9.17, 15) is 4.39 Å². The second-order valence-corrected chi connectivity index (χ2v) is 3.35. The van der Waals surface area contributed by atoms with Crippen molar-refractivity contribution < 1.29 is 4.39 Å². The van der Waals surface area contributed by atoms with E-state index in [2.05, 4.69) is 21.2 Å². The minimum Gasteiger partial charge on any atom is -0.287 e. The summed E-state index contributed by atoms with van der Waals surface area (Å²) in [5.41, 5.74) is 0. The standard InChI is InChI=1S/C5H9BrFN/c6-4-1-2-5(7)8-3-4/h4-5,8H,1-3H2. The van der Waals surface area contributed by atoms with Gasteiger partial charge in [0.15, 0.2) is 6.30 Å². The van der Waals surface area contributed by atoms with Gasteiger partial charge in [-0.15, -0.1) is 0 Å². The number of halogens is 2. The zero-order valence-corrected chi connectivity index (χ0v) is 6.12. The fourth-order valence-corrected chi connectivity index (χ4v) is 1.24. The van der Waals surface area contributed by atoms with Crippen molar-refractivity contribution >= 4 is 15.9 Å². The van der Waals surface area contributed by atoms with Gasteiger partial charge in [0.1, 0.15) is 0 Å². The van der Waals surface area contributed by atoms with Crippen LogP contribution >= 0.6 is 15.9 Å². The van der Waals surface area contributed by atoms with Crippen LogP contribution < -0.4 is 5.32 Å². The highest BCUT2D eigenvalue weighted by Gasteiger charge is 2.16. The largest absolute Gasteiger partial charge is 0.287 e. The molecule has 2 atom stereocenters. The van der Waals surface area contributed by atoms with Crippen LogP contribution in [-0.4, -0.2) is 17.7 Å². The van der Waals surface area contributed by atoms with Gasteiger partial charge in [-0.25, -0.2) is 4.39 Å². The third-order valence-electron chi connectivity index (χ3n) is 1.29. The van der Waals surface area contributed by atoms with Crippen LogP contribution in [0.25, 0.3) is 0 Å². The molecule has 0 amide bonds. The minimum absolute atomic E-state index is 0.481. The highest BCUT2D eigenvalue weighted by atomic mass is 79.9. The summed E-state index contributed by atoms with van der Waals surface area (Å²) in [5.74, 6) is 0. The fourth-order valence-electron chi connectivity index (χ4n) is 0.787. The average Bonchev–Trinajstić information content (AvgIpc) is 1.77. The summed E-state index contributed by atoms with van der Waals surface area (Å²) < 4.78 is 12.2. The van der Waals surface area contributed by atoms with E-state index in [0.29, 0.717) is 11.2 Å². The van der Waals surface area contributed by atoms with Crippen molar-refractivity contribution in [2.24, 2.45) is 0 Å². The molecule has 0 saturated carbocycles. The Kier molecular flexibility index (Phi) is 2.26. The molecule has 1 rings (SSSR count). The molecule has 2 unspecified atom stereocenters. The van der Waals surface area contributed by atoms with Gasteiger partial charge in [0.2, 0.25) is 0 Å². The van der Waals surface area contributed by atoms with Gasteiger partial charge in [-0.05, 0) is 12.8 Å². The normalized spacial score (nSPS) is 39.8. The number of hydrogen-bond donors (Lipinski definition) is 1. The van der Waals surface area contributed by atoms with Gasteiger partial charge < -0.3 is 0 Å². The molecule has 0 spiro atoms. The van der Waals surface area contributed by atoms with Crippen molar-refractivity contribution in [3.8, 4) is 0 Å². The topological polar surface area (TPSA) is 12.0 Å². The number of hydrogen-bond acceptors (Lipinski definition) is 1. The first kappa shape index (κ1) is 6.49. The molecule has 48 valence electrons. The zero-order valence-electron chi connectivity index (χ0n) is 4.53. The van der Waals surface area contributed by atoms with E-state index >= 15 is 0 Å². The Morgan fingerprint density at radius 3 is 2.62 bits per heavy atom. The van der Waals surface area contributed by atoms with Crippen LogP contribution in [0.15, 0.2) is 0 Å². The monoisotopic (exact) mass is 181 g/mol. The first-order valence-corrected chi connectivity index (χ1v) is 3.72. The van der Waals surface area contributed by atoms with Gasteiger partial charge in [0.05, 0.1) is 0 Å². The molecule has 1 saturated heterocycles. The maximum Gasteiger partial charge on any atom is 0.151 e. The van der Waals surface area contributed by atoms with E-state index in [1.165, 1.54) is 0 Å². The molecule has 0 aromatic rings. The Morgan fingerprint density at radius 1 is 1.50 bits per heavy atom. The van der Waals surface area contributed by atoms with Crippen molar-refractivity contribution in [1.29, 1.82) is 0 Å². The van der Waals surface area contributed by atoms with Gasteiger partial charge in [-0.3, -0.25) is 5.32 Å². The van der Waals surface area contributed by atoms with Gasteiger partial charge >= 0.3 is 0 Å². The second kappa shape index (κ2) is 2.78. The Bertz CT molecular complexity index is 60.8. The highest BCUT2D eigenvalue weighted by Crippen LogP contribution is 2.14. The van der Waals surface area contributed by atoms with E-state index in [1.807, 2.05) is 0 Å². The number of alkyl halides is 2. The Hall–Kier alpha value is 0.370. The van der Waals surface area contributed by atoms with Gasteiger partial charge in [-0.1, -0.05) is 15.9 Å². The van der Waals surface area contributed by atoms with Crippen LogP contribution in [0.3, 0.4) is 0 Å². The molecule has 1 aliphatic rings. The summed E-state index contributed by atoms with van der Waals surface area (Å²) in [6.07, 6.45) is 0.841. The molecule has 3 heteroatoms. The Labute approximate surface area is 56.8 Å². The van der Waals surface area contributed by atoms with Crippen molar-refractivity contribution in [1.82, 2.24) is 5.32 Å². The van der Waals surface area contributed by atoms with Gasteiger partial charge in [-0.2, -0.15) is 0 Å². The van der Waals surface area contributed by atoms with E-state index in [4.69, 9.17) is 0 Å². The van der Waals surface area contributed by atoms with Gasteiger partial charge in [0, 0.05) is 11.4 Å². The lowest BCUT2D eigenvalue weighted by Gasteiger charge is -2.20. The summed E-state index contributed by atoms with van der Waals surface area (Å²) in [7, 11) is 0. The molecule has 0 aromatic heterocycles. The molecule has 1 aliphatic heterocycles. The lowest BCUT2D eigenvalue weighted by Crippen LogP contribution is -2.36. The van der Waals surface area contributed by atoms with Gasteiger partial charge in [0.25, 0.3) is 0 Å². The molecule has 0 bridgehead atoms.